The first-order chi connectivity index (χ1) is 9.33. The Bertz CT molecular complexity index is 593. The van der Waals surface area contributed by atoms with E-state index in [0.29, 0.717) is 6.04 Å². The predicted molar refractivity (Wildman–Crippen MR) is 84.9 cm³/mol. The van der Waals surface area contributed by atoms with Gasteiger partial charge < -0.3 is 5.32 Å². The van der Waals surface area contributed by atoms with Gasteiger partial charge in [-0.25, -0.2) is 0 Å². The monoisotopic (exact) mass is 268 g/mol. The van der Waals surface area contributed by atoms with Gasteiger partial charge in [-0.3, -0.25) is 4.99 Å². The van der Waals surface area contributed by atoms with Gasteiger partial charge in [-0.05, 0) is 18.6 Å². The Labute approximate surface area is 118 Å². The van der Waals surface area contributed by atoms with Crippen LogP contribution in [0, 0.1) is 0 Å². The van der Waals surface area contributed by atoms with Crippen molar-refractivity contribution < 1.29 is 0 Å². The molecule has 1 unspecified atom stereocenters. The topological polar surface area (TPSA) is 24.4 Å². The fourth-order valence-corrected chi connectivity index (χ4v) is 3.03. The molecule has 0 aliphatic carbocycles. The lowest BCUT2D eigenvalue weighted by atomic mass is 10.0. The van der Waals surface area contributed by atoms with Crippen molar-refractivity contribution in [1.82, 2.24) is 0 Å². The van der Waals surface area contributed by atoms with E-state index in [-0.39, 0.29) is 0 Å². The first-order valence-corrected chi connectivity index (χ1v) is 7.43. The highest BCUT2D eigenvalue weighted by Crippen LogP contribution is 2.29. The summed E-state index contributed by atoms with van der Waals surface area (Å²) >= 11 is 1.79. The van der Waals surface area contributed by atoms with E-state index in [1.165, 1.54) is 11.1 Å². The molecule has 0 amide bonds. The summed E-state index contributed by atoms with van der Waals surface area (Å²) in [7, 11) is 0. The Kier molecular flexibility index (Phi) is 3.56. The average molecular weight is 268 g/mol. The van der Waals surface area contributed by atoms with Gasteiger partial charge in [-0.2, -0.15) is 0 Å². The van der Waals surface area contributed by atoms with Gasteiger partial charge in [-0.15, -0.1) is 0 Å². The van der Waals surface area contributed by atoms with Gasteiger partial charge in [0.15, 0.2) is 5.17 Å². The van der Waals surface area contributed by atoms with Gasteiger partial charge in [-0.1, -0.05) is 60.3 Å². The zero-order chi connectivity index (χ0) is 13.1. The summed E-state index contributed by atoms with van der Waals surface area (Å²) in [6, 6.07) is 19.2. The summed E-state index contributed by atoms with van der Waals surface area (Å²) in [4.78, 5) is 4.59. The third-order valence-corrected chi connectivity index (χ3v) is 4.18. The van der Waals surface area contributed by atoms with Crippen molar-refractivity contribution in [2.45, 2.75) is 13.0 Å². The summed E-state index contributed by atoms with van der Waals surface area (Å²) < 4.78 is 0. The minimum atomic E-state index is 0.413. The number of hydrogen-bond acceptors (Lipinski definition) is 3. The second-order valence-corrected chi connectivity index (χ2v) is 5.64. The van der Waals surface area contributed by atoms with E-state index in [0.717, 1.165) is 16.6 Å². The number of thioether (sulfide) groups is 1. The minimum absolute atomic E-state index is 0.413. The van der Waals surface area contributed by atoms with Crippen LogP contribution >= 0.6 is 11.8 Å². The van der Waals surface area contributed by atoms with Crippen LogP contribution in [0.5, 0.6) is 0 Å². The maximum absolute atomic E-state index is 4.59. The zero-order valence-electron chi connectivity index (χ0n) is 10.8. The summed E-state index contributed by atoms with van der Waals surface area (Å²) in [5.74, 6) is 1.07. The van der Waals surface area contributed by atoms with Crippen molar-refractivity contribution >= 4 is 22.6 Å². The molecule has 1 aliphatic heterocycles. The Morgan fingerprint density at radius 2 is 1.79 bits per heavy atom. The molecule has 0 saturated heterocycles. The molecule has 0 aromatic heterocycles. The quantitative estimate of drug-likeness (QED) is 0.880. The van der Waals surface area contributed by atoms with Crippen LogP contribution in [0.1, 0.15) is 6.92 Å². The molecule has 0 fully saturated rings. The summed E-state index contributed by atoms with van der Waals surface area (Å²) in [6.07, 6.45) is 0. The Balaban J connectivity index is 1.92. The smallest absolute Gasteiger partial charge is 0.161 e. The molecule has 0 bridgehead atoms. The van der Waals surface area contributed by atoms with Crippen molar-refractivity contribution in [2.75, 3.05) is 11.1 Å². The second-order valence-electron chi connectivity index (χ2n) is 4.63. The summed E-state index contributed by atoms with van der Waals surface area (Å²) in [6.45, 7) is 2.14. The molecule has 2 aromatic rings. The Hall–Kier alpha value is -1.74. The maximum Gasteiger partial charge on any atom is 0.161 e. The van der Waals surface area contributed by atoms with Crippen molar-refractivity contribution in [3.63, 3.8) is 0 Å². The number of hydrogen-bond donors (Lipinski definition) is 1. The number of rotatable bonds is 2. The standard InChI is InChI=1S/C16H16N2S/c1-12-11-19-16(17-12)18-15-10-6-5-9-14(15)13-7-3-2-4-8-13/h2-10,12H,11H2,1H3,(H,17,18). The number of benzene rings is 2. The first-order valence-electron chi connectivity index (χ1n) is 6.45. The molecule has 1 heterocycles. The van der Waals surface area contributed by atoms with Gasteiger partial charge >= 0.3 is 0 Å². The van der Waals surface area contributed by atoms with Crippen LogP contribution in [0.4, 0.5) is 5.69 Å². The van der Waals surface area contributed by atoms with Crippen molar-refractivity contribution in [2.24, 2.45) is 4.99 Å². The van der Waals surface area contributed by atoms with Gasteiger partial charge in [0.25, 0.3) is 0 Å². The third kappa shape index (κ3) is 2.82. The van der Waals surface area contributed by atoms with E-state index in [9.17, 15) is 0 Å². The van der Waals surface area contributed by atoms with Crippen molar-refractivity contribution in [3.8, 4) is 11.1 Å². The average Bonchev–Trinajstić information content (AvgIpc) is 2.86. The maximum atomic E-state index is 4.59. The molecule has 3 rings (SSSR count). The van der Waals surface area contributed by atoms with Crippen molar-refractivity contribution in [3.05, 3.63) is 54.6 Å². The fraction of sp³-hybridized carbons (Fsp3) is 0.188. The summed E-state index contributed by atoms with van der Waals surface area (Å²) in [5, 5.41) is 4.48. The van der Waals surface area contributed by atoms with Crippen LogP contribution in [0.3, 0.4) is 0 Å². The largest absolute Gasteiger partial charge is 0.334 e. The highest BCUT2D eigenvalue weighted by Gasteiger charge is 2.15. The number of amidine groups is 1. The molecule has 0 spiro atoms. The van der Waals surface area contributed by atoms with E-state index < -0.39 is 0 Å². The zero-order valence-corrected chi connectivity index (χ0v) is 11.7. The molecule has 2 aromatic carbocycles. The van der Waals surface area contributed by atoms with Gasteiger partial charge in [0.05, 0.1) is 6.04 Å². The molecule has 2 nitrogen and oxygen atoms in total. The first kappa shape index (κ1) is 12.3. The second kappa shape index (κ2) is 5.49. The number of nitrogens with one attached hydrogen (secondary N) is 1. The molecular formula is C16H16N2S. The molecule has 96 valence electrons. The van der Waals surface area contributed by atoms with Crippen LogP contribution in [0.15, 0.2) is 59.6 Å². The van der Waals surface area contributed by atoms with E-state index >= 15 is 0 Å². The minimum Gasteiger partial charge on any atom is -0.334 e. The Morgan fingerprint density at radius 3 is 2.53 bits per heavy atom. The number of para-hydroxylation sites is 1. The molecule has 0 saturated carbocycles. The van der Waals surface area contributed by atoms with Crippen LogP contribution in [-0.2, 0) is 0 Å². The molecule has 1 atom stereocenters. The number of aliphatic imine (C=N–C) groups is 1. The predicted octanol–water partition coefficient (Wildman–Crippen LogP) is 4.26. The highest BCUT2D eigenvalue weighted by atomic mass is 32.2. The lowest BCUT2D eigenvalue weighted by Crippen LogP contribution is -2.06. The van der Waals surface area contributed by atoms with Crippen LogP contribution in [0.25, 0.3) is 11.1 Å². The van der Waals surface area contributed by atoms with E-state index in [1.807, 2.05) is 6.07 Å². The number of nitrogens with zero attached hydrogens (tertiary/aromatic N) is 1. The van der Waals surface area contributed by atoms with E-state index in [2.05, 4.69) is 65.8 Å². The van der Waals surface area contributed by atoms with Gasteiger partial charge in [0.2, 0.25) is 0 Å². The van der Waals surface area contributed by atoms with Crippen LogP contribution < -0.4 is 5.32 Å². The molecule has 1 aliphatic rings. The molecule has 19 heavy (non-hydrogen) atoms. The third-order valence-electron chi connectivity index (χ3n) is 3.05. The van der Waals surface area contributed by atoms with Crippen LogP contribution in [-0.4, -0.2) is 17.0 Å². The molecular weight excluding hydrogens is 252 g/mol. The van der Waals surface area contributed by atoms with E-state index in [4.69, 9.17) is 0 Å². The Morgan fingerprint density at radius 1 is 1.05 bits per heavy atom. The van der Waals surface area contributed by atoms with Gasteiger partial charge in [0, 0.05) is 17.0 Å². The highest BCUT2D eigenvalue weighted by molar-refractivity contribution is 8.14. The van der Waals surface area contributed by atoms with Gasteiger partial charge in [0.1, 0.15) is 0 Å². The number of anilines is 1. The van der Waals surface area contributed by atoms with Crippen LogP contribution in [0.2, 0.25) is 0 Å². The van der Waals surface area contributed by atoms with Crippen molar-refractivity contribution in [1.29, 1.82) is 0 Å². The molecule has 1 N–H and O–H groups in total. The lowest BCUT2D eigenvalue weighted by Gasteiger charge is -2.11. The SMILES string of the molecule is CC1CSC(Nc2ccccc2-c2ccccc2)=N1. The molecule has 0 radical (unpaired) electrons. The lowest BCUT2D eigenvalue weighted by molar-refractivity contribution is 0.865. The fourth-order valence-electron chi connectivity index (χ4n) is 2.12. The molecule has 3 heteroatoms. The normalized spacial score (nSPS) is 18.2. The summed E-state index contributed by atoms with van der Waals surface area (Å²) in [5.41, 5.74) is 3.56. The van der Waals surface area contributed by atoms with E-state index in [1.54, 1.807) is 11.8 Å².